The quantitative estimate of drug-likeness (QED) is 0.540. The molecule has 0 aliphatic carbocycles. The van der Waals surface area contributed by atoms with Gasteiger partial charge in [-0.25, -0.2) is 0 Å². The highest BCUT2D eigenvalue weighted by molar-refractivity contribution is 6.27. The van der Waals surface area contributed by atoms with Crippen molar-refractivity contribution in [2.45, 2.75) is 0 Å². The van der Waals surface area contributed by atoms with E-state index >= 15 is 0 Å². The van der Waals surface area contributed by atoms with Crippen molar-refractivity contribution in [2.75, 3.05) is 0 Å². The van der Waals surface area contributed by atoms with Crippen LogP contribution < -0.4 is 10.0 Å². The van der Waals surface area contributed by atoms with E-state index in [1.807, 2.05) is 36.4 Å². The Balaban J connectivity index is 0.000000289. The molecule has 0 aromatic heterocycles. The normalized spacial score (nSPS) is 7.65. The van der Waals surface area contributed by atoms with Gasteiger partial charge < -0.3 is 14.4 Å². The topological polar surface area (TPSA) is 102 Å². The van der Waals surface area contributed by atoms with Crippen molar-refractivity contribution in [3.8, 4) is 0 Å². The molecule has 2 aromatic carbocycles. The highest BCUT2D eigenvalue weighted by atomic mass is 19.1. The van der Waals surface area contributed by atoms with Gasteiger partial charge in [-0.1, -0.05) is 36.4 Å². The van der Waals surface area contributed by atoms with Crippen LogP contribution in [-0.4, -0.2) is 7.40 Å². The third kappa shape index (κ3) is 10.4. The van der Waals surface area contributed by atoms with Crippen LogP contribution in [0.1, 0.15) is 0 Å². The highest BCUT2D eigenvalue weighted by Gasteiger charge is 1.96. The van der Waals surface area contributed by atoms with Crippen molar-refractivity contribution in [1.29, 1.82) is 10.8 Å². The fraction of sp³-hybridized carbons (Fsp3) is 0. The summed E-state index contributed by atoms with van der Waals surface area (Å²) < 4.78 is 9.89. The lowest BCUT2D eigenvalue weighted by molar-refractivity contribution is -0.366. The summed E-state index contributed by atoms with van der Waals surface area (Å²) in [5.74, 6) is 0. The van der Waals surface area contributed by atoms with Crippen molar-refractivity contribution < 1.29 is 14.4 Å². The van der Waals surface area contributed by atoms with Crippen LogP contribution in [0.5, 0.6) is 0 Å². The second kappa shape index (κ2) is 11.3. The number of rotatable bonds is 0. The van der Waals surface area contributed by atoms with Crippen LogP contribution in [0.4, 0.5) is 15.7 Å². The summed E-state index contributed by atoms with van der Waals surface area (Å²) >= 11 is 0. The first kappa shape index (κ1) is 17.2. The van der Waals surface area contributed by atoms with Gasteiger partial charge >= 0.3 is 11.4 Å². The molecule has 100 valence electrons. The largest absolute Gasteiger partial charge is 0.867 e. The summed E-state index contributed by atoms with van der Waals surface area (Å²) in [6.45, 7) is 0. The number of hydrogen-bond donors (Lipinski definition) is 0. The van der Waals surface area contributed by atoms with Gasteiger partial charge in [-0.2, -0.15) is 0 Å². The van der Waals surface area contributed by atoms with Crippen molar-refractivity contribution in [2.24, 2.45) is 0 Å². The molecule has 0 fully saturated rings. The first-order valence-corrected chi connectivity index (χ1v) is 5.36. The Morgan fingerprint density at radius 3 is 1.15 bits per heavy atom. The minimum Gasteiger partial charge on any atom is -0.867 e. The summed E-state index contributed by atoms with van der Waals surface area (Å²) in [7, 11) is -3.17. The maximum absolute atomic E-state index is 9.89. The molecule has 0 bridgehead atoms. The molecule has 0 saturated heterocycles. The molecule has 0 saturated carbocycles. The molecule has 2 aromatic rings. The van der Waals surface area contributed by atoms with Crippen LogP contribution >= 0.6 is 0 Å². The zero-order valence-corrected chi connectivity index (χ0v) is 10.3. The van der Waals surface area contributed by atoms with Gasteiger partial charge in [0.25, 0.3) is 0 Å². The Hall–Kier alpha value is -2.81. The third-order valence-corrected chi connectivity index (χ3v) is 1.74. The molecular weight excluding hydrogens is 262 g/mol. The van der Waals surface area contributed by atoms with Crippen molar-refractivity contribution >= 4 is 18.8 Å². The van der Waals surface area contributed by atoms with E-state index in [1.165, 1.54) is 0 Å². The lowest BCUT2D eigenvalue weighted by atomic mass is 10.3. The zero-order chi connectivity index (χ0) is 15.2. The minimum absolute atomic E-state index is 0.590. The molecule has 0 unspecified atom stereocenters. The molecule has 0 radical (unpaired) electrons. The second-order valence-electron chi connectivity index (χ2n) is 3.15. The summed E-state index contributed by atoms with van der Waals surface area (Å²) in [6.07, 6.45) is 0. The SMILES string of the molecule is N#[N+]c1ccccc1.N#[N+]c1ccccc1.[O-]B([O-])F. The molecule has 0 amide bonds. The Labute approximate surface area is 115 Å². The summed E-state index contributed by atoms with van der Waals surface area (Å²) in [5.41, 5.74) is 1.18. The molecule has 20 heavy (non-hydrogen) atoms. The molecule has 0 N–H and O–H groups in total. The number of diazo groups is 2. The van der Waals surface area contributed by atoms with Crippen LogP contribution in [0, 0.1) is 10.8 Å². The first-order chi connectivity index (χ1) is 9.60. The smallest absolute Gasteiger partial charge is 0.385 e. The first-order valence-electron chi connectivity index (χ1n) is 5.36. The predicted molar refractivity (Wildman–Crippen MR) is 69.2 cm³/mol. The molecule has 0 spiro atoms. The number of benzene rings is 2. The zero-order valence-electron chi connectivity index (χ0n) is 10.3. The van der Waals surface area contributed by atoms with Crippen LogP contribution in [-0.2, 0) is 0 Å². The van der Waals surface area contributed by atoms with Gasteiger partial charge in [0.2, 0.25) is 10.8 Å². The van der Waals surface area contributed by atoms with E-state index < -0.39 is 7.40 Å². The summed E-state index contributed by atoms with van der Waals surface area (Å²) in [5, 5.41) is 32.9. The van der Waals surface area contributed by atoms with Gasteiger partial charge in [-0.3, -0.25) is 0 Å². The maximum Gasteiger partial charge on any atom is 0.385 e. The maximum atomic E-state index is 9.89. The van der Waals surface area contributed by atoms with Crippen molar-refractivity contribution in [1.82, 2.24) is 0 Å². The Bertz CT molecular complexity index is 503. The standard InChI is InChI=1S/2C6H5N2.BFO2/c2*7-8-6-4-2-1-3-5-6;2-1(3)4/h2*1-5H;/q2*+1;-2. The second-order valence-corrected chi connectivity index (χ2v) is 3.15. The van der Waals surface area contributed by atoms with Crippen molar-refractivity contribution in [3.63, 3.8) is 0 Å². The highest BCUT2D eigenvalue weighted by Crippen LogP contribution is 2.08. The van der Waals surface area contributed by atoms with E-state index in [0.29, 0.717) is 11.4 Å². The number of halogens is 1. The van der Waals surface area contributed by atoms with Gasteiger partial charge in [-0.05, 0) is 0 Å². The van der Waals surface area contributed by atoms with Crippen molar-refractivity contribution in [3.05, 3.63) is 70.6 Å². The van der Waals surface area contributed by atoms with E-state index in [1.54, 1.807) is 24.3 Å². The number of hydrogen-bond acceptors (Lipinski definition) is 4. The molecule has 6 nitrogen and oxygen atoms in total. The van der Waals surface area contributed by atoms with Crippen LogP contribution in [0.3, 0.4) is 0 Å². The molecular formula is C12H10BFN4O2. The predicted octanol–water partition coefficient (Wildman–Crippen LogP) is 2.00. The number of nitrogens with zero attached hydrogens (tertiary/aromatic N) is 4. The molecule has 0 aliphatic heterocycles. The molecule has 0 heterocycles. The van der Waals surface area contributed by atoms with E-state index in [9.17, 15) is 4.32 Å². The van der Waals surface area contributed by atoms with Gasteiger partial charge in [-0.15, -0.1) is 0 Å². The van der Waals surface area contributed by atoms with E-state index in [2.05, 4.69) is 9.95 Å². The van der Waals surface area contributed by atoms with Gasteiger partial charge in [0.05, 0.1) is 0 Å². The summed E-state index contributed by atoms with van der Waals surface area (Å²) in [6, 6.07) is 17.9. The van der Waals surface area contributed by atoms with E-state index in [-0.39, 0.29) is 0 Å². The fourth-order valence-corrected chi connectivity index (χ4v) is 0.989. The average molecular weight is 272 g/mol. The van der Waals surface area contributed by atoms with Gasteiger partial charge in [0, 0.05) is 24.3 Å². The average Bonchev–Trinajstić information content (AvgIpc) is 2.49. The molecule has 0 atom stereocenters. The lowest BCUT2D eigenvalue weighted by Gasteiger charge is -2.09. The fourth-order valence-electron chi connectivity index (χ4n) is 0.989. The third-order valence-electron chi connectivity index (χ3n) is 1.74. The monoisotopic (exact) mass is 272 g/mol. The van der Waals surface area contributed by atoms with Gasteiger partial charge in [0.15, 0.2) is 9.95 Å². The van der Waals surface area contributed by atoms with E-state index in [0.717, 1.165) is 0 Å². The molecule has 8 heteroatoms. The Morgan fingerprint density at radius 1 is 0.750 bits per heavy atom. The van der Waals surface area contributed by atoms with E-state index in [4.69, 9.17) is 20.8 Å². The minimum atomic E-state index is -3.17. The van der Waals surface area contributed by atoms with Crippen LogP contribution in [0.25, 0.3) is 9.95 Å². The molecule has 0 aliphatic rings. The van der Waals surface area contributed by atoms with Gasteiger partial charge in [0.1, 0.15) is 7.40 Å². The Morgan fingerprint density at radius 2 is 1.00 bits per heavy atom. The molecule has 2 rings (SSSR count). The van der Waals surface area contributed by atoms with Crippen LogP contribution in [0.15, 0.2) is 60.7 Å². The lowest BCUT2D eigenvalue weighted by Crippen LogP contribution is -2.39. The Kier molecular flexibility index (Phi) is 9.71. The van der Waals surface area contributed by atoms with Crippen LogP contribution in [0.2, 0.25) is 0 Å². The summed E-state index contributed by atoms with van der Waals surface area (Å²) in [4.78, 5) is 5.94.